The van der Waals surface area contributed by atoms with Gasteiger partial charge in [0, 0.05) is 38.4 Å². The fraction of sp³-hybridized carbons (Fsp3) is 0.667. The Labute approximate surface area is 130 Å². The van der Waals surface area contributed by atoms with Crippen molar-refractivity contribution >= 4 is 0 Å². The second kappa shape index (κ2) is 7.02. The average molecular weight is 304 g/mol. The minimum Gasteiger partial charge on any atom is -0.340 e. The van der Waals surface area contributed by atoms with Crippen molar-refractivity contribution in [2.75, 3.05) is 13.1 Å². The predicted octanol–water partition coefficient (Wildman–Crippen LogP) is 1.35. The van der Waals surface area contributed by atoms with Crippen LogP contribution < -0.4 is 5.32 Å². The van der Waals surface area contributed by atoms with Crippen LogP contribution in [-0.2, 0) is 19.6 Å². The van der Waals surface area contributed by atoms with Gasteiger partial charge in [0.25, 0.3) is 0 Å². The van der Waals surface area contributed by atoms with Gasteiger partial charge >= 0.3 is 0 Å². The molecule has 1 fully saturated rings. The van der Waals surface area contributed by atoms with Crippen LogP contribution in [0.5, 0.6) is 0 Å². The number of nitrogens with zero attached hydrogens (tertiary/aromatic N) is 5. The molecule has 0 spiro atoms. The summed E-state index contributed by atoms with van der Waals surface area (Å²) in [5.74, 6) is 2.51. The second-order valence-corrected chi connectivity index (χ2v) is 5.81. The molecule has 3 heterocycles. The van der Waals surface area contributed by atoms with E-state index in [4.69, 9.17) is 4.52 Å². The Morgan fingerprint density at radius 1 is 1.45 bits per heavy atom. The van der Waals surface area contributed by atoms with E-state index in [1.807, 2.05) is 19.3 Å². The van der Waals surface area contributed by atoms with Crippen molar-refractivity contribution in [2.24, 2.45) is 0 Å². The van der Waals surface area contributed by atoms with Crippen molar-refractivity contribution in [3.63, 3.8) is 0 Å². The first-order valence-electron chi connectivity index (χ1n) is 7.99. The highest BCUT2D eigenvalue weighted by Gasteiger charge is 2.21. The van der Waals surface area contributed by atoms with Gasteiger partial charge in [-0.2, -0.15) is 4.98 Å². The molecule has 0 radical (unpaired) electrons. The topological polar surface area (TPSA) is 72.0 Å². The van der Waals surface area contributed by atoms with Gasteiger partial charge in [-0.3, -0.25) is 4.90 Å². The van der Waals surface area contributed by atoms with Crippen LogP contribution in [0.2, 0.25) is 0 Å². The summed E-state index contributed by atoms with van der Waals surface area (Å²) in [5, 5.41) is 7.61. The van der Waals surface area contributed by atoms with Gasteiger partial charge in [0.05, 0.1) is 13.1 Å². The molecule has 0 amide bonds. The standard InChI is InChI=1S/C15H24N6O/c1-3-21-8-6-16-15(21)9-17-13-5-4-7-20(10-13)11-14-18-12(2)22-19-14/h6,8,13,17H,3-5,7,9-11H2,1-2H3. The maximum Gasteiger partial charge on any atom is 0.223 e. The smallest absolute Gasteiger partial charge is 0.223 e. The molecule has 1 saturated heterocycles. The lowest BCUT2D eigenvalue weighted by atomic mass is 10.1. The van der Waals surface area contributed by atoms with Crippen LogP contribution >= 0.6 is 0 Å². The molecule has 2 aromatic rings. The summed E-state index contributed by atoms with van der Waals surface area (Å²) < 4.78 is 7.22. The zero-order valence-electron chi connectivity index (χ0n) is 13.3. The molecule has 120 valence electrons. The number of piperidine rings is 1. The van der Waals surface area contributed by atoms with Gasteiger partial charge in [-0.15, -0.1) is 0 Å². The van der Waals surface area contributed by atoms with Gasteiger partial charge in [0.1, 0.15) is 5.82 Å². The third-order valence-corrected chi connectivity index (χ3v) is 4.13. The van der Waals surface area contributed by atoms with Gasteiger partial charge in [-0.05, 0) is 26.3 Å². The summed E-state index contributed by atoms with van der Waals surface area (Å²) in [6.45, 7) is 8.62. The molecule has 1 aliphatic rings. The number of aromatic nitrogens is 4. The van der Waals surface area contributed by atoms with Crippen molar-refractivity contribution in [1.82, 2.24) is 29.9 Å². The first-order valence-corrected chi connectivity index (χ1v) is 7.99. The number of imidazole rings is 1. The molecule has 1 aliphatic heterocycles. The fourth-order valence-corrected chi connectivity index (χ4v) is 3.00. The lowest BCUT2D eigenvalue weighted by molar-refractivity contribution is 0.176. The highest BCUT2D eigenvalue weighted by atomic mass is 16.5. The Balaban J connectivity index is 1.50. The summed E-state index contributed by atoms with van der Waals surface area (Å²) in [6, 6.07) is 0.490. The monoisotopic (exact) mass is 304 g/mol. The van der Waals surface area contributed by atoms with Gasteiger partial charge in [0.2, 0.25) is 5.89 Å². The Bertz CT molecular complexity index is 592. The molecule has 22 heavy (non-hydrogen) atoms. The lowest BCUT2D eigenvalue weighted by Crippen LogP contribution is -2.45. The van der Waals surface area contributed by atoms with E-state index in [-0.39, 0.29) is 0 Å². The molecular weight excluding hydrogens is 280 g/mol. The molecule has 0 bridgehead atoms. The van der Waals surface area contributed by atoms with E-state index < -0.39 is 0 Å². The van der Waals surface area contributed by atoms with E-state index in [1.165, 1.54) is 12.8 Å². The van der Waals surface area contributed by atoms with E-state index in [0.29, 0.717) is 11.9 Å². The van der Waals surface area contributed by atoms with Crippen molar-refractivity contribution in [1.29, 1.82) is 0 Å². The largest absolute Gasteiger partial charge is 0.340 e. The molecule has 1 N–H and O–H groups in total. The second-order valence-electron chi connectivity index (χ2n) is 5.81. The van der Waals surface area contributed by atoms with Gasteiger partial charge < -0.3 is 14.4 Å². The SMILES string of the molecule is CCn1ccnc1CNC1CCCN(Cc2noc(C)n2)C1. The van der Waals surface area contributed by atoms with Crippen LogP contribution in [0.4, 0.5) is 0 Å². The van der Waals surface area contributed by atoms with Crippen molar-refractivity contribution in [3.05, 3.63) is 29.9 Å². The van der Waals surface area contributed by atoms with Crippen LogP contribution in [-0.4, -0.2) is 43.7 Å². The third-order valence-electron chi connectivity index (χ3n) is 4.13. The highest BCUT2D eigenvalue weighted by molar-refractivity contribution is 4.93. The normalized spacial score (nSPS) is 19.6. The van der Waals surface area contributed by atoms with Crippen LogP contribution in [0, 0.1) is 6.92 Å². The van der Waals surface area contributed by atoms with Crippen LogP contribution in [0.25, 0.3) is 0 Å². The summed E-state index contributed by atoms with van der Waals surface area (Å²) in [7, 11) is 0. The van der Waals surface area contributed by atoms with Crippen LogP contribution in [0.15, 0.2) is 16.9 Å². The molecule has 2 aromatic heterocycles. The van der Waals surface area contributed by atoms with Gasteiger partial charge in [0.15, 0.2) is 5.82 Å². The quantitative estimate of drug-likeness (QED) is 0.868. The minimum atomic E-state index is 0.490. The van der Waals surface area contributed by atoms with E-state index >= 15 is 0 Å². The predicted molar refractivity (Wildman–Crippen MR) is 82.1 cm³/mol. The molecule has 3 rings (SSSR count). The Morgan fingerprint density at radius 3 is 3.14 bits per heavy atom. The van der Waals surface area contributed by atoms with E-state index in [9.17, 15) is 0 Å². The number of hydrogen-bond donors (Lipinski definition) is 1. The van der Waals surface area contributed by atoms with Crippen LogP contribution in [0.3, 0.4) is 0 Å². The minimum absolute atomic E-state index is 0.490. The number of nitrogens with one attached hydrogen (secondary N) is 1. The van der Waals surface area contributed by atoms with Crippen LogP contribution in [0.1, 0.15) is 37.3 Å². The Hall–Kier alpha value is -1.73. The highest BCUT2D eigenvalue weighted by Crippen LogP contribution is 2.13. The van der Waals surface area contributed by atoms with Crippen molar-refractivity contribution in [3.8, 4) is 0 Å². The molecular formula is C15H24N6O. The zero-order valence-corrected chi connectivity index (χ0v) is 13.3. The Morgan fingerprint density at radius 2 is 2.36 bits per heavy atom. The number of rotatable bonds is 6. The number of likely N-dealkylation sites (tertiary alicyclic amines) is 1. The molecule has 7 heteroatoms. The third kappa shape index (κ3) is 3.72. The van der Waals surface area contributed by atoms with E-state index in [0.717, 1.165) is 44.4 Å². The summed E-state index contributed by atoms with van der Waals surface area (Å²) >= 11 is 0. The summed E-state index contributed by atoms with van der Waals surface area (Å²) in [5.41, 5.74) is 0. The molecule has 1 atom stereocenters. The van der Waals surface area contributed by atoms with Gasteiger partial charge in [-0.1, -0.05) is 5.16 Å². The number of hydrogen-bond acceptors (Lipinski definition) is 6. The lowest BCUT2D eigenvalue weighted by Gasteiger charge is -2.32. The molecule has 7 nitrogen and oxygen atoms in total. The van der Waals surface area contributed by atoms with Gasteiger partial charge in [-0.25, -0.2) is 4.98 Å². The Kier molecular flexibility index (Phi) is 4.84. The molecule has 0 aliphatic carbocycles. The zero-order chi connectivity index (χ0) is 15.4. The summed E-state index contributed by atoms with van der Waals surface area (Å²) in [4.78, 5) is 11.1. The first kappa shape index (κ1) is 15.2. The number of aryl methyl sites for hydroxylation is 2. The molecule has 0 saturated carbocycles. The van der Waals surface area contributed by atoms with Crippen molar-refractivity contribution < 1.29 is 4.52 Å². The maximum atomic E-state index is 5.04. The summed E-state index contributed by atoms with van der Waals surface area (Å²) in [6.07, 6.45) is 6.29. The average Bonchev–Trinajstić information content (AvgIpc) is 3.14. The fourth-order valence-electron chi connectivity index (χ4n) is 3.00. The molecule has 1 unspecified atom stereocenters. The van der Waals surface area contributed by atoms with Crippen molar-refractivity contribution in [2.45, 2.75) is 52.4 Å². The maximum absolute atomic E-state index is 5.04. The van der Waals surface area contributed by atoms with E-state index in [2.05, 4.69) is 36.8 Å². The molecule has 0 aromatic carbocycles. The first-order chi connectivity index (χ1) is 10.7. The van der Waals surface area contributed by atoms with E-state index in [1.54, 1.807) is 0 Å².